The molecular formula is C25H29N3O4. The van der Waals surface area contributed by atoms with E-state index in [1.54, 1.807) is 21.9 Å². The molecule has 0 bridgehead atoms. The standard InChI is InChI=1S/C25H29N3O4/c1-2-32-16-8-14-26-23(29)19-10-4-3-9-18(19)17-28-21-12-6-5-11-20(21)24(30)27-15-7-13-22(27)25(28)31/h3-6,9-12,22H,2,7-8,13-17H2,1H3,(H,26,29)/t22-/m0/s1. The van der Waals surface area contributed by atoms with Gasteiger partial charge in [0.15, 0.2) is 0 Å². The number of para-hydroxylation sites is 1. The molecule has 2 aliphatic heterocycles. The number of rotatable bonds is 8. The average molecular weight is 436 g/mol. The van der Waals surface area contributed by atoms with Gasteiger partial charge in [-0.1, -0.05) is 30.3 Å². The Morgan fingerprint density at radius 1 is 1.12 bits per heavy atom. The number of amides is 3. The fourth-order valence-electron chi connectivity index (χ4n) is 4.44. The zero-order valence-corrected chi connectivity index (χ0v) is 18.4. The molecule has 32 heavy (non-hydrogen) atoms. The van der Waals surface area contributed by atoms with Crippen molar-refractivity contribution in [1.29, 1.82) is 0 Å². The van der Waals surface area contributed by atoms with Crippen LogP contribution in [-0.2, 0) is 16.1 Å². The minimum atomic E-state index is -0.450. The smallest absolute Gasteiger partial charge is 0.256 e. The second-order valence-corrected chi connectivity index (χ2v) is 8.06. The molecule has 1 fully saturated rings. The van der Waals surface area contributed by atoms with Crippen LogP contribution in [0.4, 0.5) is 5.69 Å². The van der Waals surface area contributed by atoms with E-state index in [-0.39, 0.29) is 24.3 Å². The number of carbonyl (C=O) groups excluding carboxylic acids is 3. The second-order valence-electron chi connectivity index (χ2n) is 8.06. The predicted octanol–water partition coefficient (Wildman–Crippen LogP) is 2.99. The Morgan fingerprint density at radius 2 is 1.91 bits per heavy atom. The highest BCUT2D eigenvalue weighted by Crippen LogP contribution is 2.33. The maximum Gasteiger partial charge on any atom is 0.256 e. The molecule has 168 valence electrons. The summed E-state index contributed by atoms with van der Waals surface area (Å²) in [6, 6.07) is 14.1. The zero-order chi connectivity index (χ0) is 22.5. The molecule has 0 spiro atoms. The van der Waals surface area contributed by atoms with Crippen molar-refractivity contribution in [3.8, 4) is 0 Å². The van der Waals surface area contributed by atoms with Crippen molar-refractivity contribution >= 4 is 23.4 Å². The number of ether oxygens (including phenoxy) is 1. The third-order valence-electron chi connectivity index (χ3n) is 6.04. The Kier molecular flexibility index (Phi) is 6.85. The summed E-state index contributed by atoms with van der Waals surface area (Å²) in [5.74, 6) is -0.363. The van der Waals surface area contributed by atoms with Crippen LogP contribution in [0.5, 0.6) is 0 Å². The number of fused-ring (bicyclic) bond motifs is 2. The van der Waals surface area contributed by atoms with Gasteiger partial charge in [-0.15, -0.1) is 0 Å². The molecule has 1 N–H and O–H groups in total. The Labute approximate surface area is 188 Å². The van der Waals surface area contributed by atoms with E-state index in [9.17, 15) is 14.4 Å². The van der Waals surface area contributed by atoms with Crippen molar-refractivity contribution in [2.24, 2.45) is 0 Å². The molecule has 0 radical (unpaired) electrons. The molecule has 0 unspecified atom stereocenters. The lowest BCUT2D eigenvalue weighted by molar-refractivity contribution is -0.122. The summed E-state index contributed by atoms with van der Waals surface area (Å²) in [6.07, 6.45) is 2.22. The fourth-order valence-corrected chi connectivity index (χ4v) is 4.44. The third-order valence-corrected chi connectivity index (χ3v) is 6.04. The Balaban J connectivity index is 1.59. The van der Waals surface area contributed by atoms with Gasteiger partial charge < -0.3 is 19.9 Å². The minimum Gasteiger partial charge on any atom is -0.382 e. The maximum atomic E-state index is 13.5. The van der Waals surface area contributed by atoms with Crippen molar-refractivity contribution in [2.75, 3.05) is 31.2 Å². The summed E-state index contributed by atoms with van der Waals surface area (Å²) in [4.78, 5) is 42.8. The van der Waals surface area contributed by atoms with Crippen LogP contribution in [0, 0.1) is 0 Å². The molecule has 2 heterocycles. The molecule has 1 saturated heterocycles. The van der Waals surface area contributed by atoms with Crippen molar-refractivity contribution < 1.29 is 19.1 Å². The van der Waals surface area contributed by atoms with E-state index < -0.39 is 6.04 Å². The van der Waals surface area contributed by atoms with E-state index in [1.165, 1.54) is 0 Å². The minimum absolute atomic E-state index is 0.0901. The molecule has 2 aromatic carbocycles. The quantitative estimate of drug-likeness (QED) is 0.647. The Bertz CT molecular complexity index is 1010. The molecule has 0 aromatic heterocycles. The van der Waals surface area contributed by atoms with E-state index in [4.69, 9.17) is 4.74 Å². The molecule has 2 aromatic rings. The molecule has 2 aliphatic rings. The number of hydrogen-bond donors (Lipinski definition) is 1. The zero-order valence-electron chi connectivity index (χ0n) is 18.4. The fraction of sp³-hybridized carbons (Fsp3) is 0.400. The van der Waals surface area contributed by atoms with Gasteiger partial charge in [0.25, 0.3) is 11.8 Å². The second kappa shape index (κ2) is 9.96. The number of carbonyl (C=O) groups is 3. The Hall–Kier alpha value is -3.19. The van der Waals surface area contributed by atoms with Crippen LogP contribution in [0.25, 0.3) is 0 Å². The topological polar surface area (TPSA) is 79.0 Å². The summed E-state index contributed by atoms with van der Waals surface area (Å²) >= 11 is 0. The van der Waals surface area contributed by atoms with Crippen molar-refractivity contribution in [1.82, 2.24) is 10.2 Å². The molecule has 0 saturated carbocycles. The maximum absolute atomic E-state index is 13.5. The summed E-state index contributed by atoms with van der Waals surface area (Å²) in [5.41, 5.74) is 2.41. The predicted molar refractivity (Wildman–Crippen MR) is 122 cm³/mol. The summed E-state index contributed by atoms with van der Waals surface area (Å²) < 4.78 is 5.32. The highest BCUT2D eigenvalue weighted by molar-refractivity contribution is 6.11. The van der Waals surface area contributed by atoms with Crippen molar-refractivity contribution in [3.05, 3.63) is 65.2 Å². The van der Waals surface area contributed by atoms with E-state index >= 15 is 0 Å². The lowest BCUT2D eigenvalue weighted by Gasteiger charge is -2.26. The van der Waals surface area contributed by atoms with Gasteiger partial charge in [-0.05, 0) is 49.9 Å². The number of nitrogens with zero attached hydrogens (tertiary/aromatic N) is 2. The normalized spacial score (nSPS) is 17.7. The Morgan fingerprint density at radius 3 is 2.75 bits per heavy atom. The number of anilines is 1. The highest BCUT2D eigenvalue weighted by atomic mass is 16.5. The molecule has 0 aliphatic carbocycles. The van der Waals surface area contributed by atoms with Gasteiger partial charge in [-0.25, -0.2) is 0 Å². The first-order valence-electron chi connectivity index (χ1n) is 11.3. The summed E-state index contributed by atoms with van der Waals surface area (Å²) in [6.45, 7) is 4.54. The summed E-state index contributed by atoms with van der Waals surface area (Å²) in [7, 11) is 0. The molecule has 3 amide bonds. The molecular weight excluding hydrogens is 406 g/mol. The number of hydrogen-bond acceptors (Lipinski definition) is 4. The van der Waals surface area contributed by atoms with E-state index in [0.29, 0.717) is 49.5 Å². The van der Waals surface area contributed by atoms with Crippen LogP contribution >= 0.6 is 0 Å². The molecule has 7 heteroatoms. The average Bonchev–Trinajstić information content (AvgIpc) is 3.29. The van der Waals surface area contributed by atoms with Gasteiger partial charge in [0, 0.05) is 31.9 Å². The molecule has 4 rings (SSSR count). The molecule has 7 nitrogen and oxygen atoms in total. The lowest BCUT2D eigenvalue weighted by Crippen LogP contribution is -2.44. The van der Waals surface area contributed by atoms with Crippen LogP contribution < -0.4 is 10.2 Å². The number of nitrogens with one attached hydrogen (secondary N) is 1. The van der Waals surface area contributed by atoms with E-state index in [2.05, 4.69) is 5.32 Å². The van der Waals surface area contributed by atoms with Gasteiger partial charge in [-0.3, -0.25) is 14.4 Å². The molecule has 1 atom stereocenters. The monoisotopic (exact) mass is 435 g/mol. The van der Waals surface area contributed by atoms with Gasteiger partial charge in [0.1, 0.15) is 6.04 Å². The first kappa shape index (κ1) is 22.0. The third kappa shape index (κ3) is 4.39. The first-order valence-corrected chi connectivity index (χ1v) is 11.3. The van der Waals surface area contributed by atoms with Crippen LogP contribution in [-0.4, -0.2) is 55.0 Å². The van der Waals surface area contributed by atoms with Gasteiger partial charge >= 0.3 is 0 Å². The summed E-state index contributed by atoms with van der Waals surface area (Å²) in [5, 5.41) is 2.94. The van der Waals surface area contributed by atoms with E-state index in [0.717, 1.165) is 18.4 Å². The number of benzene rings is 2. The van der Waals surface area contributed by atoms with Crippen LogP contribution in [0.1, 0.15) is 52.5 Å². The lowest BCUT2D eigenvalue weighted by atomic mass is 10.0. The SMILES string of the molecule is CCOCCCNC(=O)c1ccccc1CN1C(=O)[C@@H]2CCCN2C(=O)c2ccccc21. The van der Waals surface area contributed by atoms with Gasteiger partial charge in [0.2, 0.25) is 5.91 Å². The first-order chi connectivity index (χ1) is 15.6. The highest BCUT2D eigenvalue weighted by Gasteiger charge is 2.42. The van der Waals surface area contributed by atoms with Crippen molar-refractivity contribution in [3.63, 3.8) is 0 Å². The van der Waals surface area contributed by atoms with Crippen LogP contribution in [0.2, 0.25) is 0 Å². The van der Waals surface area contributed by atoms with Crippen LogP contribution in [0.15, 0.2) is 48.5 Å². The largest absolute Gasteiger partial charge is 0.382 e. The van der Waals surface area contributed by atoms with Gasteiger partial charge in [0.05, 0.1) is 17.8 Å². The van der Waals surface area contributed by atoms with E-state index in [1.807, 2.05) is 43.3 Å². The van der Waals surface area contributed by atoms with Crippen molar-refractivity contribution in [2.45, 2.75) is 38.8 Å². The van der Waals surface area contributed by atoms with Crippen LogP contribution in [0.3, 0.4) is 0 Å². The van der Waals surface area contributed by atoms with Gasteiger partial charge in [-0.2, -0.15) is 0 Å².